The Hall–Kier alpha value is -1.76. The van der Waals surface area contributed by atoms with Crippen molar-refractivity contribution >= 4 is 12.1 Å². The molecule has 0 saturated heterocycles. The Labute approximate surface area is 117 Å². The van der Waals surface area contributed by atoms with Crippen LogP contribution in [0.2, 0.25) is 0 Å². The van der Waals surface area contributed by atoms with Crippen LogP contribution in [0.3, 0.4) is 0 Å². The zero-order valence-electron chi connectivity index (χ0n) is 11.8. The summed E-state index contributed by atoms with van der Waals surface area (Å²) in [5, 5.41) is 0. The SMILES string of the molecule is CONC(=O)OC1OC=C(C(=O)OC)C2CCC(C)C12. The first-order chi connectivity index (χ1) is 9.58. The van der Waals surface area contributed by atoms with E-state index in [2.05, 4.69) is 17.2 Å². The molecule has 1 saturated carbocycles. The van der Waals surface area contributed by atoms with Gasteiger partial charge in [0.05, 0.1) is 26.1 Å². The van der Waals surface area contributed by atoms with E-state index in [1.807, 2.05) is 0 Å². The molecule has 1 amide bonds. The van der Waals surface area contributed by atoms with Gasteiger partial charge in [-0.15, -0.1) is 0 Å². The molecule has 1 aliphatic heterocycles. The highest BCUT2D eigenvalue weighted by atomic mass is 16.7. The van der Waals surface area contributed by atoms with Crippen LogP contribution < -0.4 is 5.48 Å². The minimum Gasteiger partial charge on any atom is -0.466 e. The summed E-state index contributed by atoms with van der Waals surface area (Å²) in [4.78, 5) is 27.7. The maximum Gasteiger partial charge on any atom is 0.434 e. The summed E-state index contributed by atoms with van der Waals surface area (Å²) in [5.74, 6) is -0.175. The Morgan fingerprint density at radius 3 is 2.75 bits per heavy atom. The van der Waals surface area contributed by atoms with Gasteiger partial charge in [-0.05, 0) is 18.8 Å². The van der Waals surface area contributed by atoms with Gasteiger partial charge in [0.15, 0.2) is 0 Å². The summed E-state index contributed by atoms with van der Waals surface area (Å²) in [6.07, 6.45) is 1.70. The molecule has 0 aromatic rings. The topological polar surface area (TPSA) is 83.1 Å². The second kappa shape index (κ2) is 6.13. The van der Waals surface area contributed by atoms with Crippen molar-refractivity contribution in [3.8, 4) is 0 Å². The molecule has 0 aromatic heterocycles. The lowest BCUT2D eigenvalue weighted by molar-refractivity contribution is -0.147. The number of fused-ring (bicyclic) bond motifs is 1. The van der Waals surface area contributed by atoms with Crippen molar-refractivity contribution in [2.45, 2.75) is 26.1 Å². The number of amides is 1. The highest BCUT2D eigenvalue weighted by Crippen LogP contribution is 2.46. The number of nitrogens with one attached hydrogen (secondary N) is 1. The summed E-state index contributed by atoms with van der Waals surface area (Å²) in [5.41, 5.74) is 2.59. The maximum atomic E-state index is 11.7. The first kappa shape index (κ1) is 14.6. The van der Waals surface area contributed by atoms with Gasteiger partial charge in [-0.3, -0.25) is 4.84 Å². The van der Waals surface area contributed by atoms with Crippen LogP contribution in [-0.4, -0.2) is 32.6 Å². The molecule has 2 aliphatic rings. The third-order valence-corrected chi connectivity index (χ3v) is 3.93. The van der Waals surface area contributed by atoms with E-state index < -0.39 is 18.4 Å². The van der Waals surface area contributed by atoms with Crippen molar-refractivity contribution in [1.82, 2.24) is 5.48 Å². The van der Waals surface area contributed by atoms with E-state index in [1.165, 1.54) is 20.5 Å². The minimum atomic E-state index is -0.721. The summed E-state index contributed by atoms with van der Waals surface area (Å²) < 4.78 is 15.4. The number of rotatable bonds is 3. The maximum absolute atomic E-state index is 11.7. The third-order valence-electron chi connectivity index (χ3n) is 3.93. The van der Waals surface area contributed by atoms with Gasteiger partial charge in [0.1, 0.15) is 0 Å². The fourth-order valence-electron chi connectivity index (χ4n) is 3.00. The van der Waals surface area contributed by atoms with Crippen LogP contribution in [0, 0.1) is 17.8 Å². The molecule has 0 spiro atoms. The Morgan fingerprint density at radius 2 is 2.10 bits per heavy atom. The Balaban J connectivity index is 2.14. The molecule has 112 valence electrons. The van der Waals surface area contributed by atoms with Gasteiger partial charge < -0.3 is 14.2 Å². The van der Waals surface area contributed by atoms with Crippen LogP contribution in [0.1, 0.15) is 19.8 Å². The van der Waals surface area contributed by atoms with E-state index in [9.17, 15) is 9.59 Å². The van der Waals surface area contributed by atoms with E-state index in [-0.39, 0.29) is 17.8 Å². The number of ether oxygens (including phenoxy) is 3. The van der Waals surface area contributed by atoms with Crippen molar-refractivity contribution in [1.29, 1.82) is 0 Å². The van der Waals surface area contributed by atoms with Crippen LogP contribution in [0.15, 0.2) is 11.8 Å². The standard InChI is InChI=1S/C13H19NO6/c1-7-4-5-8-9(11(15)17-2)6-19-12(10(7)8)20-13(16)14-18-3/h6-8,10,12H,4-5H2,1-3H3,(H,14,16). The van der Waals surface area contributed by atoms with Crippen LogP contribution in [-0.2, 0) is 23.8 Å². The summed E-state index contributed by atoms with van der Waals surface area (Å²) in [6.45, 7) is 2.05. The second-order valence-electron chi connectivity index (χ2n) is 5.02. The molecule has 1 fully saturated rings. The van der Waals surface area contributed by atoms with Crippen molar-refractivity contribution in [2.24, 2.45) is 17.8 Å². The first-order valence-electron chi connectivity index (χ1n) is 6.52. The van der Waals surface area contributed by atoms with Gasteiger partial charge in [0.2, 0.25) is 6.29 Å². The Kier molecular flexibility index (Phi) is 4.49. The van der Waals surface area contributed by atoms with Crippen LogP contribution in [0.4, 0.5) is 4.79 Å². The largest absolute Gasteiger partial charge is 0.466 e. The Bertz CT molecular complexity index is 421. The molecule has 1 heterocycles. The molecule has 0 aromatic carbocycles. The zero-order valence-corrected chi connectivity index (χ0v) is 11.8. The van der Waals surface area contributed by atoms with Crippen molar-refractivity contribution < 1.29 is 28.6 Å². The van der Waals surface area contributed by atoms with Gasteiger partial charge >= 0.3 is 12.1 Å². The fraction of sp³-hybridized carbons (Fsp3) is 0.692. The average Bonchev–Trinajstić information content (AvgIpc) is 2.81. The van der Waals surface area contributed by atoms with Gasteiger partial charge in [0, 0.05) is 11.8 Å². The lowest BCUT2D eigenvalue weighted by Gasteiger charge is -2.34. The molecule has 0 radical (unpaired) electrons. The Morgan fingerprint density at radius 1 is 1.35 bits per heavy atom. The molecule has 7 nitrogen and oxygen atoms in total. The first-order valence-corrected chi connectivity index (χ1v) is 6.52. The quantitative estimate of drug-likeness (QED) is 0.622. The van der Waals surface area contributed by atoms with Crippen molar-refractivity contribution in [3.05, 3.63) is 11.8 Å². The predicted octanol–water partition coefficient (Wildman–Crippen LogP) is 1.35. The molecule has 4 unspecified atom stereocenters. The van der Waals surface area contributed by atoms with E-state index in [1.54, 1.807) is 0 Å². The molecular weight excluding hydrogens is 266 g/mol. The van der Waals surface area contributed by atoms with Crippen molar-refractivity contribution in [3.63, 3.8) is 0 Å². The molecule has 2 rings (SSSR count). The summed E-state index contributed by atoms with van der Waals surface area (Å²) >= 11 is 0. The van der Waals surface area contributed by atoms with Gasteiger partial charge in [-0.2, -0.15) is 5.48 Å². The number of carbonyl (C=O) groups excluding carboxylic acids is 2. The smallest absolute Gasteiger partial charge is 0.434 e. The van der Waals surface area contributed by atoms with E-state index in [0.29, 0.717) is 5.57 Å². The normalized spacial score (nSPS) is 31.6. The molecular formula is C13H19NO6. The monoisotopic (exact) mass is 285 g/mol. The van der Waals surface area contributed by atoms with Crippen LogP contribution in [0.5, 0.6) is 0 Å². The van der Waals surface area contributed by atoms with Gasteiger partial charge in [-0.1, -0.05) is 6.92 Å². The number of hydroxylamine groups is 1. The number of esters is 1. The summed E-state index contributed by atoms with van der Waals surface area (Å²) in [7, 11) is 2.66. The van der Waals surface area contributed by atoms with Crippen LogP contribution >= 0.6 is 0 Å². The number of methoxy groups -OCH3 is 1. The van der Waals surface area contributed by atoms with E-state index >= 15 is 0 Å². The summed E-state index contributed by atoms with van der Waals surface area (Å²) in [6, 6.07) is 0. The van der Waals surface area contributed by atoms with E-state index in [4.69, 9.17) is 14.2 Å². The third kappa shape index (κ3) is 2.72. The fourth-order valence-corrected chi connectivity index (χ4v) is 3.00. The van der Waals surface area contributed by atoms with Crippen molar-refractivity contribution in [2.75, 3.05) is 14.2 Å². The number of hydrogen-bond donors (Lipinski definition) is 1. The minimum absolute atomic E-state index is 0.00783. The highest BCUT2D eigenvalue weighted by molar-refractivity contribution is 5.89. The molecule has 0 bridgehead atoms. The lowest BCUT2D eigenvalue weighted by atomic mass is 9.83. The molecule has 4 atom stereocenters. The number of carbonyl (C=O) groups is 2. The lowest BCUT2D eigenvalue weighted by Crippen LogP contribution is -2.41. The number of hydrogen-bond acceptors (Lipinski definition) is 6. The van der Waals surface area contributed by atoms with Gasteiger partial charge in [0.25, 0.3) is 0 Å². The molecule has 1 aliphatic carbocycles. The molecule has 7 heteroatoms. The van der Waals surface area contributed by atoms with Gasteiger partial charge in [-0.25, -0.2) is 9.59 Å². The average molecular weight is 285 g/mol. The highest BCUT2D eigenvalue weighted by Gasteiger charge is 2.48. The van der Waals surface area contributed by atoms with Crippen LogP contribution in [0.25, 0.3) is 0 Å². The molecule has 20 heavy (non-hydrogen) atoms. The predicted molar refractivity (Wildman–Crippen MR) is 67.0 cm³/mol. The van der Waals surface area contributed by atoms with E-state index in [0.717, 1.165) is 12.8 Å². The molecule has 1 N–H and O–H groups in total. The zero-order chi connectivity index (χ0) is 14.7. The second-order valence-corrected chi connectivity index (χ2v) is 5.02.